The minimum absolute atomic E-state index is 0.0827. The van der Waals surface area contributed by atoms with E-state index >= 15 is 0 Å². The SMILES string of the molecule is Cc1cncc(C(=O)N2C3CC2CN(c2ccc4nncn4n2)C3)c1. The molecule has 0 aromatic carbocycles. The molecule has 0 aliphatic carbocycles. The Kier molecular flexibility index (Phi) is 3.00. The molecule has 25 heavy (non-hydrogen) atoms. The van der Waals surface area contributed by atoms with Crippen molar-refractivity contribution in [1.29, 1.82) is 0 Å². The molecule has 8 nitrogen and oxygen atoms in total. The number of nitrogens with zero attached hydrogens (tertiary/aromatic N) is 7. The third kappa shape index (κ3) is 2.25. The van der Waals surface area contributed by atoms with Gasteiger partial charge < -0.3 is 9.80 Å². The van der Waals surface area contributed by atoms with Gasteiger partial charge in [-0.2, -0.15) is 4.52 Å². The van der Waals surface area contributed by atoms with Crippen LogP contribution in [-0.2, 0) is 0 Å². The Hall–Kier alpha value is -3.03. The number of amides is 1. The first kappa shape index (κ1) is 14.3. The molecule has 126 valence electrons. The maximum atomic E-state index is 12.8. The fourth-order valence-corrected chi connectivity index (χ4v) is 3.84. The zero-order valence-corrected chi connectivity index (χ0v) is 13.8. The van der Waals surface area contributed by atoms with Gasteiger partial charge in [0.05, 0.1) is 17.6 Å². The lowest BCUT2D eigenvalue weighted by Crippen LogP contribution is -2.70. The van der Waals surface area contributed by atoms with Crippen LogP contribution < -0.4 is 4.90 Å². The van der Waals surface area contributed by atoms with Crippen molar-refractivity contribution in [3.8, 4) is 0 Å². The molecule has 2 unspecified atom stereocenters. The molecule has 3 aromatic rings. The van der Waals surface area contributed by atoms with Crippen molar-refractivity contribution in [2.45, 2.75) is 25.4 Å². The van der Waals surface area contributed by atoms with Crippen LogP contribution in [0.5, 0.6) is 0 Å². The van der Waals surface area contributed by atoms with E-state index in [4.69, 9.17) is 0 Å². The van der Waals surface area contributed by atoms with Crippen LogP contribution in [-0.4, -0.2) is 60.8 Å². The number of anilines is 1. The second-order valence-electron chi connectivity index (χ2n) is 6.74. The summed E-state index contributed by atoms with van der Waals surface area (Å²) in [5, 5.41) is 12.4. The molecule has 2 atom stereocenters. The topological polar surface area (TPSA) is 79.5 Å². The number of pyridine rings is 1. The van der Waals surface area contributed by atoms with E-state index in [9.17, 15) is 4.79 Å². The van der Waals surface area contributed by atoms with Gasteiger partial charge in [-0.05, 0) is 37.1 Å². The fourth-order valence-electron chi connectivity index (χ4n) is 3.84. The number of carbonyl (C=O) groups excluding carboxylic acids is 1. The number of aromatic nitrogens is 5. The van der Waals surface area contributed by atoms with Crippen molar-refractivity contribution in [2.75, 3.05) is 18.0 Å². The highest BCUT2D eigenvalue weighted by Crippen LogP contribution is 2.35. The molecular weight excluding hydrogens is 318 g/mol. The van der Waals surface area contributed by atoms with Gasteiger partial charge in [0.25, 0.3) is 5.91 Å². The zero-order valence-electron chi connectivity index (χ0n) is 13.8. The Bertz CT molecular complexity index is 956. The maximum absolute atomic E-state index is 12.8. The average molecular weight is 335 g/mol. The van der Waals surface area contributed by atoms with E-state index in [0.29, 0.717) is 5.56 Å². The van der Waals surface area contributed by atoms with Gasteiger partial charge in [0.1, 0.15) is 12.1 Å². The Morgan fingerprint density at radius 2 is 2.04 bits per heavy atom. The van der Waals surface area contributed by atoms with Gasteiger partial charge in [-0.3, -0.25) is 9.78 Å². The fraction of sp³-hybridized carbons (Fsp3) is 0.353. The molecule has 0 spiro atoms. The van der Waals surface area contributed by atoms with Crippen LogP contribution in [0.25, 0.3) is 5.65 Å². The number of rotatable bonds is 2. The second-order valence-corrected chi connectivity index (χ2v) is 6.74. The molecule has 3 aromatic heterocycles. The third-order valence-electron chi connectivity index (χ3n) is 5.02. The van der Waals surface area contributed by atoms with Gasteiger partial charge in [-0.25, -0.2) is 0 Å². The molecule has 2 bridgehead atoms. The molecule has 3 aliphatic rings. The molecular formula is C17H17N7O. The summed E-state index contributed by atoms with van der Waals surface area (Å²) in [5.74, 6) is 0.977. The number of piperazine rings is 1. The van der Waals surface area contributed by atoms with E-state index in [-0.39, 0.29) is 18.0 Å². The van der Waals surface area contributed by atoms with Crippen molar-refractivity contribution in [3.63, 3.8) is 0 Å². The van der Waals surface area contributed by atoms with Crippen LogP contribution in [0.4, 0.5) is 5.82 Å². The molecule has 0 saturated carbocycles. The van der Waals surface area contributed by atoms with E-state index in [0.717, 1.165) is 36.5 Å². The summed E-state index contributed by atoms with van der Waals surface area (Å²) in [6, 6.07) is 6.24. The summed E-state index contributed by atoms with van der Waals surface area (Å²) in [4.78, 5) is 21.2. The lowest BCUT2D eigenvalue weighted by atomic mass is 9.86. The zero-order chi connectivity index (χ0) is 17.0. The molecule has 3 saturated heterocycles. The first-order valence-electron chi connectivity index (χ1n) is 8.35. The predicted octanol–water partition coefficient (Wildman–Crippen LogP) is 0.931. The van der Waals surface area contributed by atoms with Crippen molar-refractivity contribution >= 4 is 17.4 Å². The summed E-state index contributed by atoms with van der Waals surface area (Å²) in [5.41, 5.74) is 2.41. The minimum Gasteiger partial charge on any atom is -0.351 e. The molecule has 1 amide bonds. The first-order chi connectivity index (χ1) is 12.2. The van der Waals surface area contributed by atoms with E-state index < -0.39 is 0 Å². The van der Waals surface area contributed by atoms with Crippen molar-refractivity contribution < 1.29 is 4.79 Å². The molecule has 8 heteroatoms. The highest BCUT2D eigenvalue weighted by Gasteiger charge is 2.47. The Morgan fingerprint density at radius 3 is 2.84 bits per heavy atom. The van der Waals surface area contributed by atoms with Crippen LogP contribution in [0.3, 0.4) is 0 Å². The Labute approximate surface area is 144 Å². The van der Waals surface area contributed by atoms with Gasteiger partial charge >= 0.3 is 0 Å². The number of hydrogen-bond donors (Lipinski definition) is 0. The number of hydrogen-bond acceptors (Lipinski definition) is 6. The van der Waals surface area contributed by atoms with Crippen molar-refractivity contribution in [1.82, 2.24) is 29.7 Å². The lowest BCUT2D eigenvalue weighted by Gasteiger charge is -2.56. The molecule has 3 aliphatic heterocycles. The molecule has 0 N–H and O–H groups in total. The van der Waals surface area contributed by atoms with Gasteiger partial charge in [0, 0.05) is 25.5 Å². The quantitative estimate of drug-likeness (QED) is 0.693. The van der Waals surface area contributed by atoms with Gasteiger partial charge in [-0.15, -0.1) is 15.3 Å². The molecule has 0 radical (unpaired) electrons. The van der Waals surface area contributed by atoms with Crippen LogP contribution >= 0.6 is 0 Å². The van der Waals surface area contributed by atoms with Gasteiger partial charge in [-0.1, -0.05) is 0 Å². The summed E-state index contributed by atoms with van der Waals surface area (Å²) >= 11 is 0. The standard InChI is InChI=1S/C17H17N7O/c1-11-4-12(7-18-6-11)17(25)24-13-5-14(24)9-22(8-13)16-3-2-15-20-19-10-23(15)21-16/h2-4,6-7,10,13-14H,5,8-9H2,1H3. The highest BCUT2D eigenvalue weighted by molar-refractivity contribution is 5.95. The van der Waals surface area contributed by atoms with Crippen LogP contribution in [0, 0.1) is 6.92 Å². The normalized spacial score (nSPS) is 22.1. The monoisotopic (exact) mass is 335 g/mol. The largest absolute Gasteiger partial charge is 0.351 e. The number of fused-ring (bicyclic) bond motifs is 3. The summed E-state index contributed by atoms with van der Waals surface area (Å²) in [6.07, 6.45) is 6.07. The average Bonchev–Trinajstić information content (AvgIpc) is 3.09. The van der Waals surface area contributed by atoms with Crippen molar-refractivity contribution in [2.24, 2.45) is 0 Å². The van der Waals surface area contributed by atoms with E-state index in [1.54, 1.807) is 23.2 Å². The van der Waals surface area contributed by atoms with Gasteiger partial charge in [0.2, 0.25) is 0 Å². The van der Waals surface area contributed by atoms with Crippen LogP contribution in [0.1, 0.15) is 22.3 Å². The van der Waals surface area contributed by atoms with E-state index in [1.165, 1.54) is 0 Å². The highest BCUT2D eigenvalue weighted by atomic mass is 16.2. The first-order valence-corrected chi connectivity index (χ1v) is 8.35. The second kappa shape index (κ2) is 5.23. The number of aryl methyl sites for hydroxylation is 1. The maximum Gasteiger partial charge on any atom is 0.256 e. The van der Waals surface area contributed by atoms with Crippen molar-refractivity contribution in [3.05, 3.63) is 48.0 Å². The molecule has 6 heterocycles. The Balaban J connectivity index is 1.35. The minimum atomic E-state index is 0.0827. The third-order valence-corrected chi connectivity index (χ3v) is 5.02. The number of piperidine rings is 1. The van der Waals surface area contributed by atoms with Crippen LogP contribution in [0.15, 0.2) is 36.9 Å². The van der Waals surface area contributed by atoms with E-state index in [2.05, 4.69) is 25.2 Å². The Morgan fingerprint density at radius 1 is 1.20 bits per heavy atom. The van der Waals surface area contributed by atoms with Gasteiger partial charge in [0.15, 0.2) is 5.65 Å². The summed E-state index contributed by atoms with van der Waals surface area (Å²) in [6.45, 7) is 3.54. The summed E-state index contributed by atoms with van der Waals surface area (Å²) < 4.78 is 1.68. The smallest absolute Gasteiger partial charge is 0.256 e. The van der Waals surface area contributed by atoms with Crippen LogP contribution in [0.2, 0.25) is 0 Å². The molecule has 6 rings (SSSR count). The summed E-state index contributed by atoms with van der Waals surface area (Å²) in [7, 11) is 0. The predicted molar refractivity (Wildman–Crippen MR) is 90.3 cm³/mol. The van der Waals surface area contributed by atoms with E-state index in [1.807, 2.05) is 30.0 Å². The lowest BCUT2D eigenvalue weighted by molar-refractivity contribution is 0.00568. The molecule has 3 fully saturated rings. The number of carbonyl (C=O) groups is 1.